The van der Waals surface area contributed by atoms with Crippen LogP contribution >= 0.6 is 0 Å². The van der Waals surface area contributed by atoms with E-state index in [0.717, 1.165) is 48.3 Å². The fraction of sp³-hybridized carbons (Fsp3) is 0.450. The van der Waals surface area contributed by atoms with Gasteiger partial charge in [0.25, 0.3) is 5.91 Å². The number of anilines is 2. The zero-order valence-corrected chi connectivity index (χ0v) is 15.0. The fourth-order valence-corrected chi connectivity index (χ4v) is 3.42. The molecule has 25 heavy (non-hydrogen) atoms. The van der Waals surface area contributed by atoms with Gasteiger partial charge in [0, 0.05) is 17.8 Å². The minimum absolute atomic E-state index is 0.188. The lowest BCUT2D eigenvalue weighted by Gasteiger charge is -2.15. The van der Waals surface area contributed by atoms with Gasteiger partial charge < -0.3 is 10.6 Å². The highest BCUT2D eigenvalue weighted by Gasteiger charge is 2.17. The highest BCUT2D eigenvalue weighted by Crippen LogP contribution is 2.24. The first-order valence-corrected chi connectivity index (χ1v) is 9.22. The maximum Gasteiger partial charge on any atom is 0.274 e. The van der Waals surface area contributed by atoms with Gasteiger partial charge in [-0.25, -0.2) is 9.97 Å². The van der Waals surface area contributed by atoms with Crippen molar-refractivity contribution in [2.75, 3.05) is 10.6 Å². The summed E-state index contributed by atoms with van der Waals surface area (Å²) < 4.78 is 0. The normalized spacial score (nSPS) is 14.5. The number of para-hydroxylation sites is 1. The maximum atomic E-state index is 12.7. The van der Waals surface area contributed by atoms with E-state index in [2.05, 4.69) is 46.6 Å². The summed E-state index contributed by atoms with van der Waals surface area (Å²) in [5.74, 6) is 0.541. The maximum absolute atomic E-state index is 12.7. The molecule has 0 radical (unpaired) electrons. The lowest BCUT2D eigenvalue weighted by Crippen LogP contribution is -2.19. The topological polar surface area (TPSA) is 66.9 Å². The van der Waals surface area contributed by atoms with Crippen molar-refractivity contribution < 1.29 is 4.79 Å². The van der Waals surface area contributed by atoms with E-state index in [0.29, 0.717) is 11.7 Å². The van der Waals surface area contributed by atoms with Gasteiger partial charge in [-0.1, -0.05) is 44.9 Å². The molecule has 0 bridgehead atoms. The lowest BCUT2D eigenvalue weighted by molar-refractivity contribution is 0.102. The second-order valence-corrected chi connectivity index (χ2v) is 6.53. The summed E-state index contributed by atoms with van der Waals surface area (Å²) >= 11 is 0. The van der Waals surface area contributed by atoms with Crippen LogP contribution in [0.2, 0.25) is 0 Å². The zero-order chi connectivity index (χ0) is 17.6. The summed E-state index contributed by atoms with van der Waals surface area (Å²) in [7, 11) is 0. The van der Waals surface area contributed by atoms with Gasteiger partial charge in [0.2, 0.25) is 0 Å². The summed E-state index contributed by atoms with van der Waals surface area (Å²) in [4.78, 5) is 21.1. The van der Waals surface area contributed by atoms with Crippen LogP contribution in [-0.2, 0) is 12.8 Å². The fourth-order valence-electron chi connectivity index (χ4n) is 3.42. The molecule has 1 aliphatic carbocycles. The Balaban J connectivity index is 1.77. The van der Waals surface area contributed by atoms with Crippen molar-refractivity contribution in [3.63, 3.8) is 0 Å². The Kier molecular flexibility index (Phi) is 5.64. The van der Waals surface area contributed by atoms with E-state index in [-0.39, 0.29) is 5.91 Å². The molecule has 132 valence electrons. The van der Waals surface area contributed by atoms with Gasteiger partial charge in [-0.3, -0.25) is 4.79 Å². The highest BCUT2D eigenvalue weighted by molar-refractivity contribution is 6.04. The number of nitrogens with one attached hydrogen (secondary N) is 2. The van der Waals surface area contributed by atoms with Crippen LogP contribution < -0.4 is 10.6 Å². The number of aryl methyl sites for hydroxylation is 2. The van der Waals surface area contributed by atoms with Crippen LogP contribution in [0.3, 0.4) is 0 Å². The van der Waals surface area contributed by atoms with Gasteiger partial charge in [0.15, 0.2) is 0 Å². The van der Waals surface area contributed by atoms with Crippen LogP contribution in [0.5, 0.6) is 0 Å². The average molecular weight is 338 g/mol. The van der Waals surface area contributed by atoms with E-state index in [1.165, 1.54) is 19.2 Å². The summed E-state index contributed by atoms with van der Waals surface area (Å²) in [5, 5.41) is 6.48. The first kappa shape index (κ1) is 17.4. The first-order valence-electron chi connectivity index (χ1n) is 9.22. The predicted octanol–water partition coefficient (Wildman–Crippen LogP) is 4.21. The van der Waals surface area contributed by atoms with Crippen molar-refractivity contribution in [2.24, 2.45) is 0 Å². The second kappa shape index (κ2) is 8.10. The number of rotatable bonds is 6. The molecule has 5 nitrogen and oxygen atoms in total. The summed E-state index contributed by atoms with van der Waals surface area (Å²) in [6, 6.07) is 8.36. The average Bonchev–Trinajstić information content (AvgIpc) is 3.15. The van der Waals surface area contributed by atoms with E-state index in [4.69, 9.17) is 0 Å². The number of amides is 1. The smallest absolute Gasteiger partial charge is 0.274 e. The Labute approximate surface area is 149 Å². The van der Waals surface area contributed by atoms with Crippen LogP contribution in [0.25, 0.3) is 0 Å². The van der Waals surface area contributed by atoms with Crippen molar-refractivity contribution in [3.05, 3.63) is 47.4 Å². The molecule has 1 fully saturated rings. The Morgan fingerprint density at radius 2 is 1.80 bits per heavy atom. The van der Waals surface area contributed by atoms with Crippen molar-refractivity contribution in [1.29, 1.82) is 0 Å². The molecule has 2 aromatic rings. The quantitative estimate of drug-likeness (QED) is 0.828. The van der Waals surface area contributed by atoms with Gasteiger partial charge in [0.1, 0.15) is 17.8 Å². The van der Waals surface area contributed by atoms with E-state index >= 15 is 0 Å². The van der Waals surface area contributed by atoms with E-state index in [1.54, 1.807) is 6.07 Å². The second-order valence-electron chi connectivity index (χ2n) is 6.53. The van der Waals surface area contributed by atoms with Crippen LogP contribution in [-0.4, -0.2) is 21.9 Å². The number of hydrogen-bond acceptors (Lipinski definition) is 4. The van der Waals surface area contributed by atoms with E-state index in [1.807, 2.05) is 6.07 Å². The molecule has 0 saturated heterocycles. The Morgan fingerprint density at radius 3 is 2.44 bits per heavy atom. The third kappa shape index (κ3) is 4.16. The standard InChI is InChI=1S/C20H26N4O/c1-3-14-8-7-9-15(4-2)19(14)24-20(25)17-12-18(22-13-21-17)23-16-10-5-6-11-16/h7-9,12-13,16H,3-6,10-11H2,1-2H3,(H,24,25)(H,21,22,23). The van der Waals surface area contributed by atoms with Crippen molar-refractivity contribution >= 4 is 17.4 Å². The third-order valence-corrected chi connectivity index (χ3v) is 4.84. The SMILES string of the molecule is CCc1cccc(CC)c1NC(=O)c1cc(NC2CCCC2)ncn1. The molecule has 1 amide bonds. The lowest BCUT2D eigenvalue weighted by atomic mass is 10.0. The zero-order valence-electron chi connectivity index (χ0n) is 15.0. The molecule has 0 aliphatic heterocycles. The summed E-state index contributed by atoms with van der Waals surface area (Å²) in [5.41, 5.74) is 3.60. The van der Waals surface area contributed by atoms with E-state index < -0.39 is 0 Å². The monoisotopic (exact) mass is 338 g/mol. The molecular weight excluding hydrogens is 312 g/mol. The van der Waals surface area contributed by atoms with Gasteiger partial charge in [-0.2, -0.15) is 0 Å². The van der Waals surface area contributed by atoms with Crippen molar-refractivity contribution in [2.45, 2.75) is 58.4 Å². The molecule has 2 N–H and O–H groups in total. The van der Waals surface area contributed by atoms with Gasteiger partial charge in [-0.15, -0.1) is 0 Å². The number of carbonyl (C=O) groups excluding carboxylic acids is 1. The number of hydrogen-bond donors (Lipinski definition) is 2. The third-order valence-electron chi connectivity index (χ3n) is 4.84. The van der Waals surface area contributed by atoms with E-state index in [9.17, 15) is 4.79 Å². The Morgan fingerprint density at radius 1 is 1.12 bits per heavy atom. The summed E-state index contributed by atoms with van der Waals surface area (Å²) in [6.45, 7) is 4.19. The summed E-state index contributed by atoms with van der Waals surface area (Å²) in [6.07, 6.45) is 8.04. The Bertz CT molecular complexity index is 716. The van der Waals surface area contributed by atoms with Gasteiger partial charge in [0.05, 0.1) is 0 Å². The molecule has 1 heterocycles. The molecule has 1 aromatic carbocycles. The predicted molar refractivity (Wildman–Crippen MR) is 101 cm³/mol. The molecule has 1 aliphatic rings. The van der Waals surface area contributed by atoms with Crippen molar-refractivity contribution in [3.8, 4) is 0 Å². The minimum Gasteiger partial charge on any atom is -0.367 e. The largest absolute Gasteiger partial charge is 0.367 e. The number of carbonyl (C=O) groups is 1. The Hall–Kier alpha value is -2.43. The molecule has 0 atom stereocenters. The molecule has 0 spiro atoms. The van der Waals surface area contributed by atoms with Crippen molar-refractivity contribution in [1.82, 2.24) is 9.97 Å². The van der Waals surface area contributed by atoms with Crippen LogP contribution in [0.1, 0.15) is 61.1 Å². The molecule has 1 aromatic heterocycles. The molecule has 3 rings (SSSR count). The molecule has 0 unspecified atom stereocenters. The van der Waals surface area contributed by atoms with Crippen LogP contribution in [0, 0.1) is 0 Å². The van der Waals surface area contributed by atoms with Gasteiger partial charge >= 0.3 is 0 Å². The van der Waals surface area contributed by atoms with Crippen LogP contribution in [0.4, 0.5) is 11.5 Å². The number of benzene rings is 1. The van der Waals surface area contributed by atoms with Crippen LogP contribution in [0.15, 0.2) is 30.6 Å². The highest BCUT2D eigenvalue weighted by atomic mass is 16.1. The van der Waals surface area contributed by atoms with Gasteiger partial charge in [-0.05, 0) is 36.8 Å². The molecule has 1 saturated carbocycles. The minimum atomic E-state index is -0.188. The molecular formula is C20H26N4O. The first-order chi connectivity index (χ1) is 12.2. The number of nitrogens with zero attached hydrogens (tertiary/aromatic N) is 2. The molecule has 5 heteroatoms. The number of aromatic nitrogens is 2.